The minimum atomic E-state index is -0.580. The number of nitrogens with one attached hydrogen (secondary N) is 1. The van der Waals surface area contributed by atoms with E-state index < -0.39 is 5.54 Å². The van der Waals surface area contributed by atoms with Gasteiger partial charge in [-0.3, -0.25) is 5.43 Å². The maximum atomic E-state index is 11.8. The van der Waals surface area contributed by atoms with E-state index in [-0.39, 0.29) is 11.4 Å². The molecule has 0 saturated heterocycles. The van der Waals surface area contributed by atoms with Crippen LogP contribution in [-0.4, -0.2) is 24.8 Å². The van der Waals surface area contributed by atoms with E-state index in [4.69, 9.17) is 4.74 Å². The van der Waals surface area contributed by atoms with Crippen LogP contribution in [0.1, 0.15) is 52.9 Å². The summed E-state index contributed by atoms with van der Waals surface area (Å²) in [7, 11) is 1.43. The summed E-state index contributed by atoms with van der Waals surface area (Å²) < 4.78 is 4.86. The molecule has 0 amide bonds. The topological polar surface area (TPSA) is 50.7 Å². The number of nitrogens with zero attached hydrogens (tertiary/aromatic N) is 1. The Hall–Kier alpha value is -1.06. The van der Waals surface area contributed by atoms with Crippen molar-refractivity contribution in [2.24, 2.45) is 10.5 Å². The van der Waals surface area contributed by atoms with Crippen molar-refractivity contribution in [3.8, 4) is 0 Å². The van der Waals surface area contributed by atoms with Gasteiger partial charge in [-0.1, -0.05) is 33.6 Å². The monoisotopic (exact) mass is 240 g/mol. The van der Waals surface area contributed by atoms with Gasteiger partial charge in [0.2, 0.25) is 0 Å². The molecule has 0 aliphatic heterocycles. The smallest absolute Gasteiger partial charge is 0.333 e. The highest BCUT2D eigenvalue weighted by atomic mass is 16.5. The van der Waals surface area contributed by atoms with Gasteiger partial charge in [0.25, 0.3) is 0 Å². The SMILES string of the molecule is COC(=O)C1(N/N=C/CC(C)(C)C)CCCC1. The Morgan fingerprint density at radius 2 is 2.00 bits per heavy atom. The summed E-state index contributed by atoms with van der Waals surface area (Å²) in [6.07, 6.45) is 6.47. The van der Waals surface area contributed by atoms with E-state index in [2.05, 4.69) is 31.3 Å². The van der Waals surface area contributed by atoms with Crippen LogP contribution in [0.15, 0.2) is 5.10 Å². The Bertz CT molecular complexity index is 286. The molecule has 1 fully saturated rings. The van der Waals surface area contributed by atoms with Crippen LogP contribution >= 0.6 is 0 Å². The predicted molar refractivity (Wildman–Crippen MR) is 68.9 cm³/mol. The molecule has 1 aliphatic carbocycles. The van der Waals surface area contributed by atoms with Gasteiger partial charge in [-0.2, -0.15) is 5.10 Å². The molecule has 1 saturated carbocycles. The summed E-state index contributed by atoms with van der Waals surface area (Å²) in [5.41, 5.74) is 2.65. The molecule has 4 nitrogen and oxygen atoms in total. The van der Waals surface area contributed by atoms with Gasteiger partial charge in [0.05, 0.1) is 7.11 Å². The highest BCUT2D eigenvalue weighted by Crippen LogP contribution is 2.30. The molecule has 0 radical (unpaired) electrons. The number of carbonyl (C=O) groups is 1. The van der Waals surface area contributed by atoms with Gasteiger partial charge in [-0.25, -0.2) is 4.79 Å². The van der Waals surface area contributed by atoms with Gasteiger partial charge in [0, 0.05) is 6.21 Å². The maximum absolute atomic E-state index is 11.8. The standard InChI is InChI=1S/C13H24N2O2/c1-12(2,3)9-10-14-15-13(11(16)17-4)7-5-6-8-13/h10,15H,5-9H2,1-4H3/b14-10+. The highest BCUT2D eigenvalue weighted by Gasteiger charge is 2.42. The van der Waals surface area contributed by atoms with Crippen LogP contribution < -0.4 is 5.43 Å². The van der Waals surface area contributed by atoms with Crippen LogP contribution in [0.5, 0.6) is 0 Å². The van der Waals surface area contributed by atoms with Crippen LogP contribution in [0.4, 0.5) is 0 Å². The van der Waals surface area contributed by atoms with Gasteiger partial charge >= 0.3 is 5.97 Å². The van der Waals surface area contributed by atoms with Crippen molar-refractivity contribution >= 4 is 12.2 Å². The lowest BCUT2D eigenvalue weighted by Crippen LogP contribution is -2.48. The molecule has 98 valence electrons. The average Bonchev–Trinajstić information content (AvgIpc) is 2.72. The molecular formula is C13H24N2O2. The molecule has 0 spiro atoms. The molecule has 0 atom stereocenters. The lowest BCUT2D eigenvalue weighted by molar-refractivity contribution is -0.148. The normalized spacial score (nSPS) is 19.5. The first-order chi connectivity index (χ1) is 7.90. The van der Waals surface area contributed by atoms with Crippen LogP contribution in [0.3, 0.4) is 0 Å². The second-order valence-electron chi connectivity index (χ2n) is 5.97. The Kier molecular flexibility index (Phi) is 4.54. The average molecular weight is 240 g/mol. The molecular weight excluding hydrogens is 216 g/mol. The Morgan fingerprint density at radius 3 is 2.47 bits per heavy atom. The largest absolute Gasteiger partial charge is 0.467 e. The second kappa shape index (κ2) is 5.52. The van der Waals surface area contributed by atoms with E-state index >= 15 is 0 Å². The lowest BCUT2D eigenvalue weighted by atomic mass is 9.93. The molecule has 0 unspecified atom stereocenters. The highest BCUT2D eigenvalue weighted by molar-refractivity contribution is 5.81. The first-order valence-corrected chi connectivity index (χ1v) is 6.27. The number of hydrogen-bond acceptors (Lipinski definition) is 4. The maximum Gasteiger partial charge on any atom is 0.333 e. The first-order valence-electron chi connectivity index (χ1n) is 6.27. The fraction of sp³-hybridized carbons (Fsp3) is 0.846. The molecule has 0 aromatic rings. The zero-order chi connectivity index (χ0) is 12.9. The summed E-state index contributed by atoms with van der Waals surface area (Å²) >= 11 is 0. The molecule has 1 N–H and O–H groups in total. The molecule has 4 heteroatoms. The van der Waals surface area contributed by atoms with Crippen LogP contribution in [-0.2, 0) is 9.53 Å². The summed E-state index contributed by atoms with van der Waals surface area (Å²) in [4.78, 5) is 11.8. The van der Waals surface area contributed by atoms with Crippen LogP contribution in [0, 0.1) is 5.41 Å². The van der Waals surface area contributed by atoms with Gasteiger partial charge < -0.3 is 4.74 Å². The molecule has 1 aliphatic rings. The number of hydrogen-bond donors (Lipinski definition) is 1. The second-order valence-corrected chi connectivity index (χ2v) is 5.97. The van der Waals surface area contributed by atoms with Crippen molar-refractivity contribution in [2.75, 3.05) is 7.11 Å². The van der Waals surface area contributed by atoms with Gasteiger partial charge in [-0.15, -0.1) is 0 Å². The van der Waals surface area contributed by atoms with Crippen molar-refractivity contribution in [1.29, 1.82) is 0 Å². The summed E-state index contributed by atoms with van der Waals surface area (Å²) in [6, 6.07) is 0. The lowest BCUT2D eigenvalue weighted by Gasteiger charge is -2.25. The van der Waals surface area contributed by atoms with Crippen molar-refractivity contribution in [3.63, 3.8) is 0 Å². The molecule has 1 rings (SSSR count). The zero-order valence-corrected chi connectivity index (χ0v) is 11.4. The first kappa shape index (κ1) is 14.0. The number of ether oxygens (including phenoxy) is 1. The number of carbonyl (C=O) groups excluding carboxylic acids is 1. The molecule has 0 heterocycles. The van der Waals surface area contributed by atoms with E-state index in [1.165, 1.54) is 7.11 Å². The Labute approximate surface area is 104 Å². The van der Waals surface area contributed by atoms with Crippen molar-refractivity contribution in [2.45, 2.75) is 58.4 Å². The van der Waals surface area contributed by atoms with E-state index in [0.717, 1.165) is 32.1 Å². The number of rotatable bonds is 4. The summed E-state index contributed by atoms with van der Waals surface area (Å²) in [6.45, 7) is 6.47. The summed E-state index contributed by atoms with van der Waals surface area (Å²) in [5.74, 6) is -0.192. The van der Waals surface area contributed by atoms with E-state index in [0.29, 0.717) is 0 Å². The van der Waals surface area contributed by atoms with Gasteiger partial charge in [-0.05, 0) is 24.7 Å². The molecule has 17 heavy (non-hydrogen) atoms. The fourth-order valence-corrected chi connectivity index (χ4v) is 2.02. The predicted octanol–water partition coefficient (Wildman–Crippen LogP) is 2.48. The third kappa shape index (κ3) is 4.02. The summed E-state index contributed by atoms with van der Waals surface area (Å²) in [5, 5.41) is 4.20. The minimum Gasteiger partial charge on any atom is -0.467 e. The van der Waals surface area contributed by atoms with Crippen molar-refractivity contribution in [3.05, 3.63) is 0 Å². The Morgan fingerprint density at radius 1 is 1.41 bits per heavy atom. The van der Waals surface area contributed by atoms with Crippen molar-refractivity contribution < 1.29 is 9.53 Å². The molecule has 0 bridgehead atoms. The third-order valence-electron chi connectivity index (χ3n) is 3.11. The fourth-order valence-electron chi connectivity index (χ4n) is 2.02. The number of esters is 1. The third-order valence-corrected chi connectivity index (χ3v) is 3.11. The van der Waals surface area contributed by atoms with Crippen LogP contribution in [0.2, 0.25) is 0 Å². The Balaban J connectivity index is 2.54. The molecule has 0 aromatic heterocycles. The van der Waals surface area contributed by atoms with Gasteiger partial charge in [0.15, 0.2) is 5.54 Å². The quantitative estimate of drug-likeness (QED) is 0.466. The van der Waals surface area contributed by atoms with E-state index in [1.54, 1.807) is 0 Å². The molecule has 0 aromatic carbocycles. The van der Waals surface area contributed by atoms with E-state index in [1.807, 2.05) is 6.21 Å². The van der Waals surface area contributed by atoms with Gasteiger partial charge in [0.1, 0.15) is 0 Å². The number of hydrazone groups is 1. The zero-order valence-electron chi connectivity index (χ0n) is 11.4. The number of methoxy groups -OCH3 is 1. The minimum absolute atomic E-state index is 0.192. The van der Waals surface area contributed by atoms with E-state index in [9.17, 15) is 4.79 Å². The van der Waals surface area contributed by atoms with Crippen molar-refractivity contribution in [1.82, 2.24) is 5.43 Å². The van der Waals surface area contributed by atoms with Crippen LogP contribution in [0.25, 0.3) is 0 Å².